The minimum absolute atomic E-state index is 0.0971. The molecule has 0 aliphatic heterocycles. The van der Waals surface area contributed by atoms with Crippen LogP contribution in [-0.2, 0) is 0 Å². The Labute approximate surface area is 122 Å². The summed E-state index contributed by atoms with van der Waals surface area (Å²) in [7, 11) is 3.59. The van der Waals surface area contributed by atoms with E-state index in [9.17, 15) is 0 Å². The van der Waals surface area contributed by atoms with Crippen LogP contribution in [0.1, 0.15) is 11.1 Å². The van der Waals surface area contributed by atoms with Gasteiger partial charge in [0.05, 0.1) is 11.6 Å². The Hall–Kier alpha value is -2.92. The maximum atomic E-state index is 8.94. The van der Waals surface area contributed by atoms with Crippen molar-refractivity contribution in [2.45, 2.75) is 6.92 Å². The molecule has 1 aromatic heterocycles. The van der Waals surface area contributed by atoms with Gasteiger partial charge in [-0.3, -0.25) is 5.43 Å². The van der Waals surface area contributed by atoms with Crippen molar-refractivity contribution < 1.29 is 4.74 Å². The molecule has 0 spiro atoms. The van der Waals surface area contributed by atoms with Gasteiger partial charge in [-0.2, -0.15) is 20.2 Å². The van der Waals surface area contributed by atoms with E-state index in [1.54, 1.807) is 37.2 Å². The third-order valence-electron chi connectivity index (χ3n) is 2.65. The molecule has 1 heterocycles. The Morgan fingerprint density at radius 3 is 2.67 bits per heavy atom. The number of hydrogen-bond acceptors (Lipinski definition) is 8. The van der Waals surface area contributed by atoms with Crippen molar-refractivity contribution in [2.24, 2.45) is 5.84 Å². The number of benzene rings is 1. The zero-order chi connectivity index (χ0) is 15.4. The lowest BCUT2D eigenvalue weighted by molar-refractivity contribution is 0.437. The number of nitrogens with two attached hydrogens (primary N) is 1. The molecule has 0 bridgehead atoms. The van der Waals surface area contributed by atoms with Gasteiger partial charge < -0.3 is 9.64 Å². The van der Waals surface area contributed by atoms with Crippen LogP contribution in [0.3, 0.4) is 0 Å². The number of nitrogens with zero attached hydrogens (tertiary/aromatic N) is 5. The smallest absolute Gasteiger partial charge is 0.328 e. The maximum Gasteiger partial charge on any atom is 0.328 e. The van der Waals surface area contributed by atoms with E-state index in [2.05, 4.69) is 26.4 Å². The fourth-order valence-electron chi connectivity index (χ4n) is 1.53. The average Bonchev–Trinajstić information content (AvgIpc) is 2.49. The molecule has 2 rings (SSSR count). The van der Waals surface area contributed by atoms with Gasteiger partial charge in [-0.1, -0.05) is 6.07 Å². The number of nitrogens with one attached hydrogen (secondary N) is 1. The molecule has 21 heavy (non-hydrogen) atoms. The summed E-state index contributed by atoms with van der Waals surface area (Å²) in [5.41, 5.74) is 3.72. The zero-order valence-electron chi connectivity index (χ0n) is 12.0. The van der Waals surface area contributed by atoms with Crippen molar-refractivity contribution >= 4 is 11.9 Å². The first kappa shape index (κ1) is 14.5. The zero-order valence-corrected chi connectivity index (χ0v) is 12.0. The second kappa shape index (κ2) is 6.02. The first-order chi connectivity index (χ1) is 10.0. The van der Waals surface area contributed by atoms with E-state index in [1.165, 1.54) is 0 Å². The molecule has 0 aliphatic rings. The number of rotatable bonds is 4. The molecule has 2 aromatic rings. The van der Waals surface area contributed by atoms with Gasteiger partial charge in [0.2, 0.25) is 11.9 Å². The van der Waals surface area contributed by atoms with Crippen molar-refractivity contribution in [1.29, 1.82) is 5.26 Å². The second-order valence-corrected chi connectivity index (χ2v) is 4.47. The van der Waals surface area contributed by atoms with Crippen molar-refractivity contribution in [2.75, 3.05) is 24.4 Å². The number of anilines is 2. The van der Waals surface area contributed by atoms with Crippen molar-refractivity contribution in [3.05, 3.63) is 29.3 Å². The number of aryl methyl sites for hydroxylation is 1. The standard InChI is InChI=1S/C13H15N7O/c1-8-4-5-9(7-14)6-10(8)21-13-17-11(19-15)16-12(18-13)20(2)3/h4-6H,15H2,1-3H3,(H,16,17,18,19). The minimum Gasteiger partial charge on any atom is -0.424 e. The summed E-state index contributed by atoms with van der Waals surface area (Å²) in [6.45, 7) is 1.87. The van der Waals surface area contributed by atoms with Gasteiger partial charge >= 0.3 is 6.01 Å². The Morgan fingerprint density at radius 2 is 2.05 bits per heavy atom. The molecule has 0 amide bonds. The summed E-state index contributed by atoms with van der Waals surface area (Å²) in [5, 5.41) is 8.94. The Kier molecular flexibility index (Phi) is 4.15. The normalized spacial score (nSPS) is 9.86. The number of ether oxygens (including phenoxy) is 1. The summed E-state index contributed by atoms with van der Waals surface area (Å²) >= 11 is 0. The lowest BCUT2D eigenvalue weighted by Crippen LogP contribution is -2.17. The fraction of sp³-hybridized carbons (Fsp3) is 0.231. The largest absolute Gasteiger partial charge is 0.424 e. The molecule has 8 heteroatoms. The van der Waals surface area contributed by atoms with Gasteiger partial charge in [0.25, 0.3) is 0 Å². The van der Waals surface area contributed by atoms with Crippen molar-refractivity contribution in [3.8, 4) is 17.8 Å². The van der Waals surface area contributed by atoms with Crippen LogP contribution in [-0.4, -0.2) is 29.0 Å². The van der Waals surface area contributed by atoms with Gasteiger partial charge in [-0.05, 0) is 24.6 Å². The highest BCUT2D eigenvalue weighted by atomic mass is 16.5. The first-order valence-corrected chi connectivity index (χ1v) is 6.12. The van der Waals surface area contributed by atoms with E-state index < -0.39 is 0 Å². The molecule has 3 N–H and O–H groups in total. The summed E-state index contributed by atoms with van der Waals surface area (Å²) in [6.07, 6.45) is 0. The van der Waals surface area contributed by atoms with E-state index in [1.807, 2.05) is 6.92 Å². The molecule has 0 unspecified atom stereocenters. The van der Waals surface area contributed by atoms with Crippen molar-refractivity contribution in [3.63, 3.8) is 0 Å². The van der Waals surface area contributed by atoms with E-state index in [0.29, 0.717) is 17.3 Å². The molecule has 108 valence electrons. The molecule has 0 saturated heterocycles. The molecule has 0 saturated carbocycles. The van der Waals surface area contributed by atoms with Crippen molar-refractivity contribution in [1.82, 2.24) is 15.0 Å². The number of hydrogen-bond donors (Lipinski definition) is 2. The summed E-state index contributed by atoms with van der Waals surface area (Å²) in [4.78, 5) is 14.0. The predicted molar refractivity (Wildman–Crippen MR) is 77.9 cm³/mol. The van der Waals surface area contributed by atoms with Gasteiger partial charge in [0.1, 0.15) is 5.75 Å². The highest BCUT2D eigenvalue weighted by Crippen LogP contribution is 2.25. The molecule has 0 radical (unpaired) electrons. The van der Waals surface area contributed by atoms with Gasteiger partial charge in [-0.15, -0.1) is 0 Å². The Morgan fingerprint density at radius 1 is 1.29 bits per heavy atom. The second-order valence-electron chi connectivity index (χ2n) is 4.47. The van der Waals surface area contributed by atoms with Crippen LogP contribution in [0, 0.1) is 18.3 Å². The summed E-state index contributed by atoms with van der Waals surface area (Å²) in [5.74, 6) is 6.44. The monoisotopic (exact) mass is 285 g/mol. The molecule has 0 aliphatic carbocycles. The molecule has 0 atom stereocenters. The van der Waals surface area contributed by atoms with Gasteiger partial charge in [0.15, 0.2) is 0 Å². The number of aromatic nitrogens is 3. The number of nitriles is 1. The van der Waals surface area contributed by atoms with E-state index in [-0.39, 0.29) is 12.0 Å². The van der Waals surface area contributed by atoms with Crippen LogP contribution in [0.2, 0.25) is 0 Å². The molecule has 1 aromatic carbocycles. The highest BCUT2D eigenvalue weighted by Gasteiger charge is 2.11. The number of hydrazine groups is 1. The van der Waals surface area contributed by atoms with Gasteiger partial charge in [0, 0.05) is 14.1 Å². The summed E-state index contributed by atoms with van der Waals surface area (Å²) in [6, 6.07) is 7.30. The van der Waals surface area contributed by atoms with Crippen LogP contribution in [0.15, 0.2) is 18.2 Å². The SMILES string of the molecule is Cc1ccc(C#N)cc1Oc1nc(NN)nc(N(C)C)n1. The topological polar surface area (TPSA) is 113 Å². The van der Waals surface area contributed by atoms with Crippen LogP contribution in [0.4, 0.5) is 11.9 Å². The lowest BCUT2D eigenvalue weighted by Gasteiger charge is -2.13. The lowest BCUT2D eigenvalue weighted by atomic mass is 10.1. The third kappa shape index (κ3) is 3.34. The van der Waals surface area contributed by atoms with E-state index >= 15 is 0 Å². The van der Waals surface area contributed by atoms with Crippen LogP contribution in [0.5, 0.6) is 11.8 Å². The predicted octanol–water partition coefficient (Wildman–Crippen LogP) is 1.20. The molecular formula is C13H15N7O. The molecule has 8 nitrogen and oxygen atoms in total. The third-order valence-corrected chi connectivity index (χ3v) is 2.65. The highest BCUT2D eigenvalue weighted by molar-refractivity contribution is 5.44. The first-order valence-electron chi connectivity index (χ1n) is 6.12. The maximum absolute atomic E-state index is 8.94. The molecular weight excluding hydrogens is 270 g/mol. The van der Waals surface area contributed by atoms with Crippen LogP contribution in [0.25, 0.3) is 0 Å². The van der Waals surface area contributed by atoms with Crippen LogP contribution >= 0.6 is 0 Å². The Bertz CT molecular complexity index is 693. The molecule has 0 fully saturated rings. The fourth-order valence-corrected chi connectivity index (χ4v) is 1.53. The average molecular weight is 285 g/mol. The number of nitrogen functional groups attached to an aromatic ring is 1. The van der Waals surface area contributed by atoms with Crippen LogP contribution < -0.4 is 20.9 Å². The summed E-state index contributed by atoms with van der Waals surface area (Å²) < 4.78 is 5.65. The van der Waals surface area contributed by atoms with E-state index in [4.69, 9.17) is 15.8 Å². The quantitative estimate of drug-likeness (QED) is 0.636. The Balaban J connectivity index is 2.39. The minimum atomic E-state index is 0.0971. The van der Waals surface area contributed by atoms with E-state index in [0.717, 1.165) is 5.56 Å². The van der Waals surface area contributed by atoms with Gasteiger partial charge in [-0.25, -0.2) is 5.84 Å².